The van der Waals surface area contributed by atoms with E-state index in [-0.39, 0.29) is 5.41 Å². The van der Waals surface area contributed by atoms with Crippen LogP contribution in [-0.4, -0.2) is 10.2 Å². The fourth-order valence-corrected chi connectivity index (χ4v) is 3.48. The first-order chi connectivity index (χ1) is 8.21. The van der Waals surface area contributed by atoms with Crippen LogP contribution < -0.4 is 0 Å². The van der Waals surface area contributed by atoms with Crippen molar-refractivity contribution >= 4 is 0 Å². The normalized spacial score (nSPS) is 21.6. The molecule has 0 saturated carbocycles. The van der Waals surface area contributed by atoms with Crippen molar-refractivity contribution in [3.63, 3.8) is 0 Å². The Morgan fingerprint density at radius 2 is 2.00 bits per heavy atom. The number of benzene rings is 1. The first kappa shape index (κ1) is 10.6. The van der Waals surface area contributed by atoms with E-state index >= 15 is 0 Å². The number of nitrogens with one attached hydrogen (secondary N) is 1. The third kappa shape index (κ3) is 1.13. The molecule has 1 heterocycles. The molecule has 3 rings (SSSR count). The van der Waals surface area contributed by atoms with Crippen LogP contribution in [0.5, 0.6) is 0 Å². The largest absolute Gasteiger partial charge is 0.278 e. The summed E-state index contributed by atoms with van der Waals surface area (Å²) in [5.74, 6) is 0.576. The number of aromatic amines is 1. The van der Waals surface area contributed by atoms with Crippen LogP contribution in [0.4, 0.5) is 0 Å². The summed E-state index contributed by atoms with van der Waals surface area (Å²) in [5, 5.41) is 7.41. The molecule has 1 N–H and O–H groups in total. The van der Waals surface area contributed by atoms with Crippen molar-refractivity contribution in [1.29, 1.82) is 0 Å². The predicted molar refractivity (Wildman–Crippen MR) is 69.9 cm³/mol. The zero-order valence-corrected chi connectivity index (χ0v) is 10.6. The van der Waals surface area contributed by atoms with Crippen molar-refractivity contribution in [2.75, 3.05) is 0 Å². The summed E-state index contributed by atoms with van der Waals surface area (Å²) in [4.78, 5) is 0. The maximum Gasteiger partial charge on any atom is 0.0694 e. The predicted octanol–water partition coefficient (Wildman–Crippen LogP) is 3.74. The van der Waals surface area contributed by atoms with Gasteiger partial charge in [-0.3, -0.25) is 5.10 Å². The summed E-state index contributed by atoms with van der Waals surface area (Å²) in [6, 6.07) is 8.72. The number of nitrogens with zero attached hydrogens (tertiary/aromatic N) is 1. The average molecular weight is 226 g/mol. The second kappa shape index (κ2) is 3.46. The Morgan fingerprint density at radius 1 is 1.24 bits per heavy atom. The van der Waals surface area contributed by atoms with Crippen LogP contribution >= 0.6 is 0 Å². The molecule has 1 aromatic carbocycles. The Morgan fingerprint density at radius 3 is 2.71 bits per heavy atom. The van der Waals surface area contributed by atoms with E-state index in [9.17, 15) is 0 Å². The van der Waals surface area contributed by atoms with Crippen LogP contribution in [0.25, 0.3) is 11.3 Å². The maximum absolute atomic E-state index is 4.24. The van der Waals surface area contributed by atoms with Crippen LogP contribution in [0.3, 0.4) is 0 Å². The van der Waals surface area contributed by atoms with Crippen molar-refractivity contribution in [2.24, 2.45) is 5.92 Å². The van der Waals surface area contributed by atoms with Gasteiger partial charge in [0, 0.05) is 16.5 Å². The molecule has 0 saturated heterocycles. The van der Waals surface area contributed by atoms with Crippen molar-refractivity contribution < 1.29 is 0 Å². The highest BCUT2D eigenvalue weighted by molar-refractivity contribution is 5.78. The van der Waals surface area contributed by atoms with Crippen molar-refractivity contribution in [3.05, 3.63) is 41.6 Å². The van der Waals surface area contributed by atoms with Gasteiger partial charge in [0.05, 0.1) is 11.9 Å². The van der Waals surface area contributed by atoms with Crippen LogP contribution in [0.2, 0.25) is 0 Å². The number of hydrogen-bond donors (Lipinski definition) is 1. The van der Waals surface area contributed by atoms with Gasteiger partial charge >= 0.3 is 0 Å². The van der Waals surface area contributed by atoms with Gasteiger partial charge in [-0.15, -0.1) is 0 Å². The Hall–Kier alpha value is -1.57. The summed E-state index contributed by atoms with van der Waals surface area (Å²) >= 11 is 0. The first-order valence-electron chi connectivity index (χ1n) is 6.35. The van der Waals surface area contributed by atoms with Gasteiger partial charge in [-0.05, 0) is 17.9 Å². The number of rotatable bonds is 2. The molecule has 0 radical (unpaired) electrons. The lowest BCUT2D eigenvalue weighted by molar-refractivity contribution is 0.366. The molecule has 1 aromatic heterocycles. The molecular weight excluding hydrogens is 208 g/mol. The zero-order valence-electron chi connectivity index (χ0n) is 10.6. The van der Waals surface area contributed by atoms with E-state index in [0.717, 1.165) is 6.42 Å². The van der Waals surface area contributed by atoms with Gasteiger partial charge in [-0.1, -0.05) is 45.0 Å². The lowest BCUT2D eigenvalue weighted by atomic mass is 9.68. The monoisotopic (exact) mass is 226 g/mol. The second-order valence-corrected chi connectivity index (χ2v) is 5.18. The molecule has 1 unspecified atom stereocenters. The van der Waals surface area contributed by atoms with E-state index in [1.807, 2.05) is 6.20 Å². The van der Waals surface area contributed by atoms with E-state index < -0.39 is 0 Å². The van der Waals surface area contributed by atoms with E-state index in [0.29, 0.717) is 5.92 Å². The summed E-state index contributed by atoms with van der Waals surface area (Å²) in [6.45, 7) is 6.89. The lowest BCUT2D eigenvalue weighted by Crippen LogP contribution is -2.30. The Kier molecular flexibility index (Phi) is 2.15. The molecule has 1 aliphatic carbocycles. The summed E-state index contributed by atoms with van der Waals surface area (Å²) in [5.41, 5.74) is 5.52. The fraction of sp³-hybridized carbons (Fsp3) is 0.400. The Labute approximate surface area is 102 Å². The highest BCUT2D eigenvalue weighted by Gasteiger charge is 2.45. The second-order valence-electron chi connectivity index (χ2n) is 5.18. The lowest BCUT2D eigenvalue weighted by Gasteiger charge is -2.34. The molecular formula is C15H18N2. The molecule has 2 heteroatoms. The van der Waals surface area contributed by atoms with E-state index in [2.05, 4.69) is 55.2 Å². The van der Waals surface area contributed by atoms with Crippen molar-refractivity contribution in [3.8, 4) is 11.3 Å². The van der Waals surface area contributed by atoms with Crippen molar-refractivity contribution in [1.82, 2.24) is 10.2 Å². The van der Waals surface area contributed by atoms with Gasteiger partial charge < -0.3 is 0 Å². The number of fused-ring (bicyclic) bond motifs is 3. The van der Waals surface area contributed by atoms with Gasteiger partial charge in [0.15, 0.2) is 0 Å². The molecule has 0 amide bonds. The average Bonchev–Trinajstić information content (AvgIpc) is 2.88. The van der Waals surface area contributed by atoms with Crippen molar-refractivity contribution in [2.45, 2.75) is 32.6 Å². The minimum absolute atomic E-state index is 0.138. The quantitative estimate of drug-likeness (QED) is 0.830. The van der Waals surface area contributed by atoms with Crippen LogP contribution in [0.1, 0.15) is 38.3 Å². The van der Waals surface area contributed by atoms with Gasteiger partial charge in [-0.25, -0.2) is 0 Å². The topological polar surface area (TPSA) is 28.7 Å². The summed E-state index contributed by atoms with van der Waals surface area (Å²) < 4.78 is 0. The SMILES string of the molecule is CCC1(C(C)C)c2ccccc2-c2[nH]ncc21. The highest BCUT2D eigenvalue weighted by atomic mass is 15.1. The molecule has 17 heavy (non-hydrogen) atoms. The van der Waals surface area contributed by atoms with Crippen LogP contribution in [0, 0.1) is 5.92 Å². The van der Waals surface area contributed by atoms with E-state index in [4.69, 9.17) is 0 Å². The zero-order chi connectivity index (χ0) is 12.0. The molecule has 88 valence electrons. The minimum Gasteiger partial charge on any atom is -0.278 e. The fourth-order valence-electron chi connectivity index (χ4n) is 3.48. The third-order valence-electron chi connectivity index (χ3n) is 4.34. The van der Waals surface area contributed by atoms with E-state index in [1.165, 1.54) is 22.4 Å². The van der Waals surface area contributed by atoms with Gasteiger partial charge in [-0.2, -0.15) is 5.10 Å². The smallest absolute Gasteiger partial charge is 0.0694 e. The maximum atomic E-state index is 4.24. The third-order valence-corrected chi connectivity index (χ3v) is 4.34. The van der Waals surface area contributed by atoms with Gasteiger partial charge in [0.2, 0.25) is 0 Å². The van der Waals surface area contributed by atoms with Gasteiger partial charge in [0.25, 0.3) is 0 Å². The number of hydrogen-bond acceptors (Lipinski definition) is 1. The van der Waals surface area contributed by atoms with Crippen LogP contribution in [0.15, 0.2) is 30.5 Å². The molecule has 0 bridgehead atoms. The molecule has 2 aromatic rings. The number of aromatic nitrogens is 2. The summed E-state index contributed by atoms with van der Waals surface area (Å²) in [6.07, 6.45) is 3.13. The molecule has 1 aliphatic rings. The molecule has 1 atom stereocenters. The van der Waals surface area contributed by atoms with Gasteiger partial charge in [0.1, 0.15) is 0 Å². The Bertz CT molecular complexity index is 554. The molecule has 2 nitrogen and oxygen atoms in total. The first-order valence-corrected chi connectivity index (χ1v) is 6.35. The molecule has 0 spiro atoms. The standard InChI is InChI=1S/C15H18N2/c1-4-15(10(2)3)12-8-6-5-7-11(12)14-13(15)9-16-17-14/h5-10H,4H2,1-3H3,(H,16,17). The number of H-pyrrole nitrogens is 1. The Balaban J connectivity index is 2.37. The molecule has 0 aliphatic heterocycles. The highest BCUT2D eigenvalue weighted by Crippen LogP contribution is 2.53. The van der Waals surface area contributed by atoms with E-state index in [1.54, 1.807) is 0 Å². The summed E-state index contributed by atoms with van der Waals surface area (Å²) in [7, 11) is 0. The minimum atomic E-state index is 0.138. The van der Waals surface area contributed by atoms with Crippen LogP contribution in [-0.2, 0) is 5.41 Å². The molecule has 0 fully saturated rings.